The molecule has 4 rings (SSSR count). The standard InChI is InChI=1S/C23H22N4O6S2/c1-4-32-21(29)15-7-5-6-14(10-15)18-9-8-16(33-18)11-17-19(24)27-22(25-20(17)28)34-23(26-27)35(30,31)12-13(2)3/h5-11,13,24H,4,12H2,1-3H3/b17-11-,24-19?. The summed E-state index contributed by atoms with van der Waals surface area (Å²) in [6.07, 6.45) is 1.35. The molecule has 0 fully saturated rings. The van der Waals surface area contributed by atoms with E-state index in [2.05, 4.69) is 10.1 Å². The quantitative estimate of drug-likeness (QED) is 0.453. The van der Waals surface area contributed by atoms with Gasteiger partial charge in [0.1, 0.15) is 11.5 Å². The molecule has 1 aromatic carbocycles. The monoisotopic (exact) mass is 514 g/mol. The van der Waals surface area contributed by atoms with Crippen LogP contribution in [0.15, 0.2) is 56.5 Å². The fourth-order valence-electron chi connectivity index (χ4n) is 3.35. The number of nitrogens with zero attached hydrogens (tertiary/aromatic N) is 3. The van der Waals surface area contributed by atoms with Gasteiger partial charge in [0.25, 0.3) is 5.91 Å². The lowest BCUT2D eigenvalue weighted by Crippen LogP contribution is -2.35. The summed E-state index contributed by atoms with van der Waals surface area (Å²) in [5.74, 6) is -0.937. The largest absolute Gasteiger partial charge is 0.462 e. The van der Waals surface area contributed by atoms with Crippen molar-refractivity contribution in [2.75, 3.05) is 12.4 Å². The number of sulfone groups is 1. The first-order valence-corrected chi connectivity index (χ1v) is 13.2. The number of hydrazone groups is 1. The van der Waals surface area contributed by atoms with E-state index in [4.69, 9.17) is 14.6 Å². The number of ether oxygens (including phenoxy) is 1. The van der Waals surface area contributed by atoms with Crippen molar-refractivity contribution in [2.24, 2.45) is 16.0 Å². The Morgan fingerprint density at radius 1 is 1.29 bits per heavy atom. The number of aliphatic imine (C=N–C) groups is 1. The van der Waals surface area contributed by atoms with Crippen molar-refractivity contribution in [3.05, 3.63) is 53.3 Å². The van der Waals surface area contributed by atoms with E-state index in [1.807, 2.05) is 0 Å². The van der Waals surface area contributed by atoms with Crippen LogP contribution in [0.3, 0.4) is 0 Å². The maximum atomic E-state index is 12.6. The Kier molecular flexibility index (Phi) is 6.77. The molecular formula is C23H22N4O6S2. The zero-order chi connectivity index (χ0) is 25.3. The van der Waals surface area contributed by atoms with Crippen LogP contribution in [-0.4, -0.2) is 53.0 Å². The maximum absolute atomic E-state index is 12.6. The number of nitrogens with one attached hydrogen (secondary N) is 1. The SMILES string of the molecule is CCOC(=O)c1cccc(-c2ccc(/C=C3/C(=N)N4N=C(S(=O)(=O)CC(C)C)SC4=NC3=O)o2)c1. The summed E-state index contributed by atoms with van der Waals surface area (Å²) >= 11 is 0.756. The lowest BCUT2D eigenvalue weighted by molar-refractivity contribution is -0.114. The topological polar surface area (TPSA) is 142 Å². The highest BCUT2D eigenvalue weighted by Gasteiger charge is 2.40. The van der Waals surface area contributed by atoms with E-state index in [-0.39, 0.29) is 45.0 Å². The third-order valence-corrected chi connectivity index (χ3v) is 8.26. The number of fused-ring (bicyclic) bond motifs is 1. The number of benzene rings is 1. The minimum Gasteiger partial charge on any atom is -0.462 e. The molecule has 12 heteroatoms. The molecule has 0 spiro atoms. The first-order valence-electron chi connectivity index (χ1n) is 10.7. The lowest BCUT2D eigenvalue weighted by atomic mass is 10.1. The lowest BCUT2D eigenvalue weighted by Gasteiger charge is -2.19. The van der Waals surface area contributed by atoms with Crippen LogP contribution in [0.5, 0.6) is 0 Å². The van der Waals surface area contributed by atoms with Gasteiger partial charge in [0.15, 0.2) is 5.84 Å². The molecule has 0 aliphatic carbocycles. The van der Waals surface area contributed by atoms with Gasteiger partial charge in [0.05, 0.1) is 23.5 Å². The Hall–Kier alpha value is -3.51. The Balaban J connectivity index is 1.60. The number of furan rings is 1. The van der Waals surface area contributed by atoms with Gasteiger partial charge < -0.3 is 9.15 Å². The molecule has 0 saturated heterocycles. The number of thioether (sulfide) groups is 1. The first kappa shape index (κ1) is 24.6. The van der Waals surface area contributed by atoms with Crippen LogP contribution in [0, 0.1) is 11.3 Å². The molecule has 3 heterocycles. The Labute approximate surface area is 206 Å². The predicted molar refractivity (Wildman–Crippen MR) is 134 cm³/mol. The number of esters is 1. The third kappa shape index (κ3) is 5.13. The highest BCUT2D eigenvalue weighted by atomic mass is 32.3. The highest BCUT2D eigenvalue weighted by molar-refractivity contribution is 8.42. The second-order valence-electron chi connectivity index (χ2n) is 8.06. The average Bonchev–Trinajstić information content (AvgIpc) is 3.44. The maximum Gasteiger partial charge on any atom is 0.338 e. The van der Waals surface area contributed by atoms with Gasteiger partial charge in [-0.25, -0.2) is 13.2 Å². The van der Waals surface area contributed by atoms with Gasteiger partial charge in [0, 0.05) is 5.56 Å². The number of amides is 1. The second-order valence-corrected chi connectivity index (χ2v) is 11.2. The minimum atomic E-state index is -3.66. The Morgan fingerprint density at radius 3 is 2.77 bits per heavy atom. The molecule has 1 aromatic heterocycles. The number of hydrogen-bond acceptors (Lipinski definition) is 9. The molecule has 2 aromatic rings. The normalized spacial score (nSPS) is 17.0. The molecule has 2 aliphatic rings. The third-order valence-electron chi connectivity index (χ3n) is 4.83. The molecule has 0 saturated carbocycles. The van der Waals surface area contributed by atoms with Crippen molar-refractivity contribution >= 4 is 54.9 Å². The zero-order valence-corrected chi connectivity index (χ0v) is 20.8. The van der Waals surface area contributed by atoms with Crippen molar-refractivity contribution < 1.29 is 27.2 Å². The Morgan fingerprint density at radius 2 is 2.06 bits per heavy atom. The predicted octanol–water partition coefficient (Wildman–Crippen LogP) is 3.77. The van der Waals surface area contributed by atoms with Gasteiger partial charge in [-0.2, -0.15) is 10.0 Å². The van der Waals surface area contributed by atoms with Crippen molar-refractivity contribution in [1.29, 1.82) is 5.41 Å². The van der Waals surface area contributed by atoms with E-state index >= 15 is 0 Å². The molecule has 0 radical (unpaired) electrons. The molecule has 0 unspecified atom stereocenters. The molecule has 1 N–H and O–H groups in total. The van der Waals surface area contributed by atoms with Crippen molar-refractivity contribution in [2.45, 2.75) is 20.8 Å². The zero-order valence-electron chi connectivity index (χ0n) is 19.1. The summed E-state index contributed by atoms with van der Waals surface area (Å²) in [5, 5.41) is 13.5. The van der Waals surface area contributed by atoms with Gasteiger partial charge in [-0.05, 0) is 54.9 Å². The molecule has 0 bridgehead atoms. The van der Waals surface area contributed by atoms with Gasteiger partial charge in [-0.1, -0.05) is 26.0 Å². The van der Waals surface area contributed by atoms with Crippen LogP contribution in [0.25, 0.3) is 17.4 Å². The summed E-state index contributed by atoms with van der Waals surface area (Å²) in [5.41, 5.74) is 0.909. The van der Waals surface area contributed by atoms with Crippen LogP contribution in [-0.2, 0) is 19.4 Å². The van der Waals surface area contributed by atoms with E-state index in [9.17, 15) is 18.0 Å². The fourth-order valence-corrected chi connectivity index (χ4v) is 6.14. The molecular weight excluding hydrogens is 492 g/mol. The number of hydrogen-bond donors (Lipinski definition) is 1. The molecule has 182 valence electrons. The Bertz CT molecular complexity index is 1420. The van der Waals surface area contributed by atoms with Gasteiger partial charge in [-0.3, -0.25) is 10.2 Å². The summed E-state index contributed by atoms with van der Waals surface area (Å²) in [6.45, 7) is 5.54. The van der Waals surface area contributed by atoms with Crippen LogP contribution in [0.2, 0.25) is 0 Å². The second kappa shape index (κ2) is 9.62. The highest BCUT2D eigenvalue weighted by Crippen LogP contribution is 2.32. The number of carbonyl (C=O) groups is 2. The van der Waals surface area contributed by atoms with Crippen LogP contribution in [0.1, 0.15) is 36.9 Å². The van der Waals surface area contributed by atoms with Gasteiger partial charge in [-0.15, -0.1) is 5.10 Å². The number of rotatable bonds is 6. The molecule has 0 atom stereocenters. The number of carbonyl (C=O) groups excluding carboxylic acids is 2. The summed E-state index contributed by atoms with van der Waals surface area (Å²) < 4.78 is 35.7. The average molecular weight is 515 g/mol. The van der Waals surface area contributed by atoms with Crippen molar-refractivity contribution in [3.8, 4) is 11.3 Å². The molecule has 35 heavy (non-hydrogen) atoms. The first-order chi connectivity index (χ1) is 16.6. The van der Waals surface area contributed by atoms with Crippen LogP contribution < -0.4 is 0 Å². The van der Waals surface area contributed by atoms with Crippen LogP contribution >= 0.6 is 11.8 Å². The molecule has 1 amide bonds. The summed E-state index contributed by atoms with van der Waals surface area (Å²) in [4.78, 5) is 28.5. The summed E-state index contributed by atoms with van der Waals surface area (Å²) in [6, 6.07) is 10.0. The molecule has 10 nitrogen and oxygen atoms in total. The number of amidine groups is 2. The smallest absolute Gasteiger partial charge is 0.338 e. The van der Waals surface area contributed by atoms with E-state index in [1.165, 1.54) is 6.08 Å². The van der Waals surface area contributed by atoms with Gasteiger partial charge in [0.2, 0.25) is 19.4 Å². The fraction of sp³-hybridized carbons (Fsp3) is 0.261. The van der Waals surface area contributed by atoms with E-state index in [1.54, 1.807) is 57.2 Å². The van der Waals surface area contributed by atoms with E-state index < -0.39 is 21.7 Å². The van der Waals surface area contributed by atoms with Gasteiger partial charge >= 0.3 is 5.97 Å². The van der Waals surface area contributed by atoms with Crippen LogP contribution in [0.4, 0.5) is 0 Å². The minimum absolute atomic E-state index is 0.0235. The van der Waals surface area contributed by atoms with Crippen molar-refractivity contribution in [1.82, 2.24) is 5.01 Å². The van der Waals surface area contributed by atoms with Crippen molar-refractivity contribution in [3.63, 3.8) is 0 Å². The molecule has 2 aliphatic heterocycles. The van der Waals surface area contributed by atoms with E-state index in [0.717, 1.165) is 16.8 Å². The van der Waals surface area contributed by atoms with E-state index in [0.29, 0.717) is 16.9 Å². The summed E-state index contributed by atoms with van der Waals surface area (Å²) in [7, 11) is -3.66.